The molecule has 1 N–H and O–H groups in total. The Hall–Kier alpha value is -3.00. The molecule has 0 bridgehead atoms. The number of nitrogens with one attached hydrogen (secondary N) is 1. The number of hydrogen-bond acceptors (Lipinski definition) is 5. The zero-order valence-corrected chi connectivity index (χ0v) is 16.5. The van der Waals surface area contributed by atoms with Gasteiger partial charge in [-0.15, -0.1) is 0 Å². The molecule has 4 rings (SSSR count). The summed E-state index contributed by atoms with van der Waals surface area (Å²) in [4.78, 5) is 25.9. The second kappa shape index (κ2) is 7.55. The fraction of sp³-hybridized carbons (Fsp3) is 0.400. The first-order chi connectivity index (χ1) is 13.5. The summed E-state index contributed by atoms with van der Waals surface area (Å²) in [6.07, 6.45) is 5.45. The van der Waals surface area contributed by atoms with Crippen LogP contribution in [0.15, 0.2) is 36.8 Å². The molecule has 3 aromatic rings. The summed E-state index contributed by atoms with van der Waals surface area (Å²) < 4.78 is 1.75. The van der Waals surface area contributed by atoms with E-state index in [1.807, 2.05) is 36.3 Å². The highest BCUT2D eigenvalue weighted by Gasteiger charge is 2.22. The van der Waals surface area contributed by atoms with Crippen molar-refractivity contribution in [3.8, 4) is 11.3 Å². The zero-order valence-electron chi connectivity index (χ0n) is 16.5. The predicted molar refractivity (Wildman–Crippen MR) is 109 cm³/mol. The van der Waals surface area contributed by atoms with E-state index in [1.165, 1.54) is 0 Å². The van der Waals surface area contributed by atoms with Crippen LogP contribution in [0.3, 0.4) is 0 Å². The monoisotopic (exact) mass is 379 g/mol. The summed E-state index contributed by atoms with van der Waals surface area (Å²) in [5, 5.41) is 8.04. The van der Waals surface area contributed by atoms with E-state index >= 15 is 0 Å². The van der Waals surface area contributed by atoms with Crippen LogP contribution >= 0.6 is 0 Å². The Morgan fingerprint density at radius 2 is 1.93 bits per heavy atom. The van der Waals surface area contributed by atoms with Gasteiger partial charge in [-0.2, -0.15) is 5.10 Å². The molecular weight excluding hydrogens is 354 g/mol. The molecule has 0 aromatic carbocycles. The number of pyridine rings is 2. The minimum Gasteiger partial charge on any atom is -0.322 e. The maximum Gasteiger partial charge on any atom is 0.323 e. The molecule has 0 radical (unpaired) electrons. The van der Waals surface area contributed by atoms with Gasteiger partial charge in [0, 0.05) is 68.7 Å². The molecule has 4 heterocycles. The van der Waals surface area contributed by atoms with Gasteiger partial charge in [0.25, 0.3) is 0 Å². The number of carbonyl (C=O) groups is 1. The summed E-state index contributed by atoms with van der Waals surface area (Å²) in [5.74, 6) is 0.514. The maximum absolute atomic E-state index is 12.6. The van der Waals surface area contributed by atoms with Gasteiger partial charge >= 0.3 is 6.03 Å². The molecule has 0 unspecified atom stereocenters. The van der Waals surface area contributed by atoms with Crippen molar-refractivity contribution in [3.63, 3.8) is 0 Å². The molecule has 2 amide bonds. The third kappa shape index (κ3) is 3.82. The first-order valence-corrected chi connectivity index (χ1v) is 9.55. The van der Waals surface area contributed by atoms with Gasteiger partial charge in [0.05, 0.1) is 17.4 Å². The molecule has 28 heavy (non-hydrogen) atoms. The van der Waals surface area contributed by atoms with Gasteiger partial charge in [0.1, 0.15) is 5.82 Å². The van der Waals surface area contributed by atoms with Crippen LogP contribution in [0.4, 0.5) is 10.6 Å². The van der Waals surface area contributed by atoms with Gasteiger partial charge in [-0.3, -0.25) is 14.9 Å². The van der Waals surface area contributed by atoms with Crippen molar-refractivity contribution in [1.29, 1.82) is 0 Å². The highest BCUT2D eigenvalue weighted by Crippen LogP contribution is 2.21. The molecule has 0 spiro atoms. The number of fused-ring (bicyclic) bond motifs is 1. The second-order valence-corrected chi connectivity index (χ2v) is 7.41. The van der Waals surface area contributed by atoms with Crippen LogP contribution in [0.2, 0.25) is 0 Å². The Kier molecular flexibility index (Phi) is 4.95. The van der Waals surface area contributed by atoms with Gasteiger partial charge in [-0.05, 0) is 26.0 Å². The molecule has 1 aliphatic heterocycles. The van der Waals surface area contributed by atoms with Gasteiger partial charge in [-0.25, -0.2) is 14.8 Å². The standard InChI is InChI=1S/C20H25N7O/c1-14(2)26-6-8-27(9-7-26)20(28)24-19-10-18-15(11-21-19)4-5-17(23-18)16-12-22-25(3)13-16/h4-5,10-14H,6-9H2,1-3H3,(H,21,24,28). The van der Waals surface area contributed by atoms with E-state index in [0.717, 1.165) is 48.3 Å². The third-order valence-electron chi connectivity index (χ3n) is 5.14. The van der Waals surface area contributed by atoms with Crippen LogP contribution in [-0.2, 0) is 7.05 Å². The first kappa shape index (κ1) is 18.4. The van der Waals surface area contributed by atoms with Gasteiger partial charge in [0.15, 0.2) is 0 Å². The van der Waals surface area contributed by atoms with Crippen molar-refractivity contribution in [2.75, 3.05) is 31.5 Å². The predicted octanol–water partition coefficient (Wildman–Crippen LogP) is 2.59. The SMILES string of the molecule is CC(C)N1CCN(C(=O)Nc2cc3nc(-c4cnn(C)c4)ccc3cn2)CC1. The van der Waals surface area contributed by atoms with Crippen molar-refractivity contribution in [2.45, 2.75) is 19.9 Å². The van der Waals surface area contributed by atoms with Crippen LogP contribution in [0.25, 0.3) is 22.2 Å². The molecule has 1 saturated heterocycles. The summed E-state index contributed by atoms with van der Waals surface area (Å²) in [5.41, 5.74) is 2.58. The topological polar surface area (TPSA) is 79.2 Å². The number of amides is 2. The summed E-state index contributed by atoms with van der Waals surface area (Å²) in [7, 11) is 1.88. The minimum absolute atomic E-state index is 0.112. The fourth-order valence-corrected chi connectivity index (χ4v) is 3.43. The van der Waals surface area contributed by atoms with Crippen molar-refractivity contribution >= 4 is 22.8 Å². The van der Waals surface area contributed by atoms with Crippen LogP contribution in [0.5, 0.6) is 0 Å². The smallest absolute Gasteiger partial charge is 0.322 e. The van der Waals surface area contributed by atoms with E-state index in [4.69, 9.17) is 4.98 Å². The Bertz CT molecular complexity index is 989. The van der Waals surface area contributed by atoms with E-state index < -0.39 is 0 Å². The molecule has 146 valence electrons. The fourth-order valence-electron chi connectivity index (χ4n) is 3.43. The molecule has 3 aromatic heterocycles. The Balaban J connectivity index is 1.49. The number of carbonyl (C=O) groups excluding carboxylic acids is 1. The Morgan fingerprint density at radius 3 is 2.61 bits per heavy atom. The summed E-state index contributed by atoms with van der Waals surface area (Å²) in [6.45, 7) is 7.60. The molecule has 0 saturated carbocycles. The van der Waals surface area contributed by atoms with Gasteiger partial charge < -0.3 is 4.90 Å². The number of anilines is 1. The molecule has 8 nitrogen and oxygen atoms in total. The first-order valence-electron chi connectivity index (χ1n) is 9.55. The number of hydrogen-bond donors (Lipinski definition) is 1. The second-order valence-electron chi connectivity index (χ2n) is 7.41. The normalized spacial score (nSPS) is 15.4. The average Bonchev–Trinajstić information content (AvgIpc) is 3.14. The Morgan fingerprint density at radius 1 is 1.14 bits per heavy atom. The molecular formula is C20H25N7O. The third-order valence-corrected chi connectivity index (χ3v) is 5.14. The summed E-state index contributed by atoms with van der Waals surface area (Å²) >= 11 is 0. The van der Waals surface area contributed by atoms with E-state index in [0.29, 0.717) is 11.9 Å². The van der Waals surface area contributed by atoms with Crippen molar-refractivity contribution in [3.05, 3.63) is 36.8 Å². The van der Waals surface area contributed by atoms with Crippen LogP contribution in [0, 0.1) is 0 Å². The molecule has 0 aliphatic carbocycles. The van der Waals surface area contributed by atoms with Crippen molar-refractivity contribution in [1.82, 2.24) is 29.5 Å². The number of rotatable bonds is 3. The van der Waals surface area contributed by atoms with E-state index in [1.54, 1.807) is 17.1 Å². The van der Waals surface area contributed by atoms with Gasteiger partial charge in [0.2, 0.25) is 0 Å². The van der Waals surface area contributed by atoms with Crippen LogP contribution in [-0.4, -0.2) is 67.8 Å². The van der Waals surface area contributed by atoms with Crippen LogP contribution < -0.4 is 5.32 Å². The number of nitrogens with zero attached hydrogens (tertiary/aromatic N) is 6. The average molecular weight is 379 g/mol. The molecule has 0 atom stereocenters. The van der Waals surface area contributed by atoms with Crippen LogP contribution in [0.1, 0.15) is 13.8 Å². The Labute approximate surface area is 164 Å². The lowest BCUT2D eigenvalue weighted by Gasteiger charge is -2.36. The number of aromatic nitrogens is 4. The van der Waals surface area contributed by atoms with Gasteiger partial charge in [-0.1, -0.05) is 0 Å². The molecule has 8 heteroatoms. The van der Waals surface area contributed by atoms with Crippen molar-refractivity contribution < 1.29 is 4.79 Å². The number of urea groups is 1. The lowest BCUT2D eigenvalue weighted by atomic mass is 10.2. The van der Waals surface area contributed by atoms with Crippen molar-refractivity contribution in [2.24, 2.45) is 7.05 Å². The highest BCUT2D eigenvalue weighted by molar-refractivity contribution is 5.91. The van der Waals surface area contributed by atoms with E-state index in [-0.39, 0.29) is 6.03 Å². The zero-order chi connectivity index (χ0) is 19.7. The van der Waals surface area contributed by atoms with E-state index in [2.05, 4.69) is 34.1 Å². The lowest BCUT2D eigenvalue weighted by Crippen LogP contribution is -2.51. The maximum atomic E-state index is 12.6. The number of piperazine rings is 1. The quantitative estimate of drug-likeness (QED) is 0.757. The summed E-state index contributed by atoms with van der Waals surface area (Å²) in [6, 6.07) is 6.14. The highest BCUT2D eigenvalue weighted by atomic mass is 16.2. The lowest BCUT2D eigenvalue weighted by molar-refractivity contribution is 0.125. The largest absolute Gasteiger partial charge is 0.323 e. The number of aryl methyl sites for hydroxylation is 1. The minimum atomic E-state index is -0.112. The molecule has 1 aliphatic rings. The van der Waals surface area contributed by atoms with E-state index in [9.17, 15) is 4.79 Å². The molecule has 1 fully saturated rings.